The molecule has 120 valence electrons. The molecule has 3 saturated heterocycles. The van der Waals surface area contributed by atoms with E-state index in [1.807, 2.05) is 12.3 Å². The van der Waals surface area contributed by atoms with Gasteiger partial charge in [-0.05, 0) is 31.4 Å². The average Bonchev–Trinajstić information content (AvgIpc) is 3.48. The highest BCUT2D eigenvalue weighted by Crippen LogP contribution is 2.41. The van der Waals surface area contributed by atoms with Crippen molar-refractivity contribution in [3.05, 3.63) is 42.1 Å². The Bertz CT molecular complexity index is 795. The number of nitrogens with zero attached hydrogens (tertiary/aromatic N) is 6. The lowest BCUT2D eigenvalue weighted by Gasteiger charge is -2.57. The normalized spacial score (nSPS) is 25.1. The minimum Gasteiger partial charge on any atom is -0.361 e. The number of piperazine rings is 1. The van der Waals surface area contributed by atoms with Crippen LogP contribution in [0.25, 0.3) is 0 Å². The van der Waals surface area contributed by atoms with Gasteiger partial charge in [-0.25, -0.2) is 15.0 Å². The van der Waals surface area contributed by atoms with Gasteiger partial charge in [-0.2, -0.15) is 5.26 Å². The summed E-state index contributed by atoms with van der Waals surface area (Å²) in [7, 11) is 0. The van der Waals surface area contributed by atoms with Crippen molar-refractivity contribution in [1.29, 1.82) is 5.26 Å². The third kappa shape index (κ3) is 2.20. The topological polar surface area (TPSA) is 68.9 Å². The molecule has 4 fully saturated rings. The summed E-state index contributed by atoms with van der Waals surface area (Å²) in [6, 6.07) is 9.06. The van der Waals surface area contributed by atoms with Crippen molar-refractivity contribution in [1.82, 2.24) is 15.0 Å². The van der Waals surface area contributed by atoms with Crippen molar-refractivity contribution < 1.29 is 0 Å². The Morgan fingerprint density at radius 3 is 2.58 bits per heavy atom. The standard InChI is InChI=1S/C18H18N6/c19-7-13-3-4-14(8-20-13)24-15-5-16(24)10-23(9-15)18-6-17(12-1-2-12)21-11-22-18/h3-4,6,8,11-12,15-16H,1-2,5,9-10H2. The first-order valence-corrected chi connectivity index (χ1v) is 8.53. The smallest absolute Gasteiger partial charge is 0.140 e. The summed E-state index contributed by atoms with van der Waals surface area (Å²) in [5, 5.41) is 8.88. The summed E-state index contributed by atoms with van der Waals surface area (Å²) in [6.07, 6.45) is 7.29. The van der Waals surface area contributed by atoms with Gasteiger partial charge in [-0.3, -0.25) is 0 Å². The Morgan fingerprint density at radius 1 is 1.08 bits per heavy atom. The molecule has 6 rings (SSSR count). The van der Waals surface area contributed by atoms with Crippen molar-refractivity contribution in [2.24, 2.45) is 0 Å². The maximum absolute atomic E-state index is 8.88. The van der Waals surface area contributed by atoms with Gasteiger partial charge in [0.25, 0.3) is 0 Å². The molecule has 4 aliphatic rings. The van der Waals surface area contributed by atoms with Crippen molar-refractivity contribution in [3.8, 4) is 6.07 Å². The van der Waals surface area contributed by atoms with Crippen LogP contribution in [0.5, 0.6) is 0 Å². The van der Waals surface area contributed by atoms with Crippen LogP contribution < -0.4 is 9.80 Å². The highest BCUT2D eigenvalue weighted by Gasteiger charge is 2.45. The van der Waals surface area contributed by atoms with Crippen LogP contribution in [0.4, 0.5) is 11.5 Å². The Morgan fingerprint density at radius 2 is 1.92 bits per heavy atom. The molecule has 5 heterocycles. The molecule has 0 aromatic carbocycles. The van der Waals surface area contributed by atoms with Gasteiger partial charge < -0.3 is 9.80 Å². The Labute approximate surface area is 140 Å². The molecule has 2 aromatic rings. The lowest BCUT2D eigenvalue weighted by Crippen LogP contribution is -2.69. The molecule has 1 aliphatic carbocycles. The van der Waals surface area contributed by atoms with E-state index in [9.17, 15) is 0 Å². The minimum absolute atomic E-state index is 0.472. The van der Waals surface area contributed by atoms with Gasteiger partial charge in [-0.15, -0.1) is 0 Å². The third-order valence-electron chi connectivity index (χ3n) is 5.35. The Kier molecular flexibility index (Phi) is 2.96. The molecule has 6 nitrogen and oxygen atoms in total. The minimum atomic E-state index is 0.472. The van der Waals surface area contributed by atoms with Crippen molar-refractivity contribution >= 4 is 11.5 Å². The summed E-state index contributed by atoms with van der Waals surface area (Å²) >= 11 is 0. The van der Waals surface area contributed by atoms with Crippen LogP contribution in [0.3, 0.4) is 0 Å². The van der Waals surface area contributed by atoms with E-state index in [1.165, 1.54) is 25.0 Å². The molecule has 0 N–H and O–H groups in total. The fourth-order valence-electron chi connectivity index (χ4n) is 3.96. The first-order valence-electron chi connectivity index (χ1n) is 8.53. The quantitative estimate of drug-likeness (QED) is 0.863. The predicted molar refractivity (Wildman–Crippen MR) is 89.8 cm³/mol. The Balaban J connectivity index is 1.33. The zero-order valence-electron chi connectivity index (χ0n) is 13.3. The SMILES string of the molecule is N#Cc1ccc(N2C3CC2CN(c2cc(C4CC4)ncn2)C3)cn1. The van der Waals surface area contributed by atoms with E-state index in [1.54, 1.807) is 12.4 Å². The van der Waals surface area contributed by atoms with Crippen LogP contribution in [0.2, 0.25) is 0 Å². The number of fused-ring (bicyclic) bond motifs is 2. The molecule has 2 atom stereocenters. The van der Waals surface area contributed by atoms with Crippen LogP contribution in [-0.4, -0.2) is 40.1 Å². The highest BCUT2D eigenvalue weighted by atomic mass is 15.4. The van der Waals surface area contributed by atoms with Gasteiger partial charge in [0.1, 0.15) is 23.9 Å². The molecule has 24 heavy (non-hydrogen) atoms. The van der Waals surface area contributed by atoms with Gasteiger partial charge in [0.15, 0.2) is 0 Å². The predicted octanol–water partition coefficient (Wildman–Crippen LogP) is 2.09. The largest absolute Gasteiger partial charge is 0.361 e. The van der Waals surface area contributed by atoms with E-state index >= 15 is 0 Å². The summed E-state index contributed by atoms with van der Waals surface area (Å²) in [5.41, 5.74) is 2.79. The molecule has 0 spiro atoms. The molecule has 1 saturated carbocycles. The van der Waals surface area contributed by atoms with Crippen LogP contribution in [0.1, 0.15) is 36.6 Å². The van der Waals surface area contributed by atoms with E-state index in [0.29, 0.717) is 23.7 Å². The van der Waals surface area contributed by atoms with Crippen LogP contribution in [-0.2, 0) is 0 Å². The highest BCUT2D eigenvalue weighted by molar-refractivity contribution is 5.55. The van der Waals surface area contributed by atoms with E-state index in [-0.39, 0.29) is 0 Å². The van der Waals surface area contributed by atoms with E-state index in [0.717, 1.165) is 24.6 Å². The van der Waals surface area contributed by atoms with E-state index in [2.05, 4.69) is 36.9 Å². The second-order valence-corrected chi connectivity index (χ2v) is 6.94. The molecule has 0 radical (unpaired) electrons. The van der Waals surface area contributed by atoms with Crippen molar-refractivity contribution in [2.75, 3.05) is 22.9 Å². The van der Waals surface area contributed by atoms with Gasteiger partial charge >= 0.3 is 0 Å². The zero-order chi connectivity index (χ0) is 16.1. The van der Waals surface area contributed by atoms with E-state index in [4.69, 9.17) is 5.26 Å². The Hall–Kier alpha value is -2.68. The molecular formula is C18H18N6. The number of rotatable bonds is 3. The monoisotopic (exact) mass is 318 g/mol. The number of piperidine rings is 1. The third-order valence-corrected chi connectivity index (χ3v) is 5.35. The van der Waals surface area contributed by atoms with Crippen LogP contribution in [0.15, 0.2) is 30.7 Å². The molecule has 0 amide bonds. The molecule has 6 heteroatoms. The maximum atomic E-state index is 8.88. The molecular weight excluding hydrogens is 300 g/mol. The fraction of sp³-hybridized carbons (Fsp3) is 0.444. The number of hydrogen-bond donors (Lipinski definition) is 0. The zero-order valence-corrected chi connectivity index (χ0v) is 13.3. The van der Waals surface area contributed by atoms with Crippen molar-refractivity contribution in [2.45, 2.75) is 37.3 Å². The summed E-state index contributed by atoms with van der Waals surface area (Å²) in [5.74, 6) is 1.73. The van der Waals surface area contributed by atoms with Gasteiger partial charge in [0.2, 0.25) is 0 Å². The van der Waals surface area contributed by atoms with Crippen LogP contribution >= 0.6 is 0 Å². The van der Waals surface area contributed by atoms with Gasteiger partial charge in [0, 0.05) is 42.9 Å². The number of hydrogen-bond acceptors (Lipinski definition) is 6. The molecule has 3 aliphatic heterocycles. The second-order valence-electron chi connectivity index (χ2n) is 6.94. The summed E-state index contributed by atoms with van der Waals surface area (Å²) in [6.45, 7) is 1.97. The first kappa shape index (κ1) is 13.7. The number of aromatic nitrogens is 3. The van der Waals surface area contributed by atoms with Gasteiger partial charge in [0.05, 0.1) is 11.9 Å². The average molecular weight is 318 g/mol. The summed E-state index contributed by atoms with van der Waals surface area (Å²) in [4.78, 5) is 18.0. The van der Waals surface area contributed by atoms with E-state index < -0.39 is 0 Å². The first-order chi connectivity index (χ1) is 11.8. The maximum Gasteiger partial charge on any atom is 0.140 e. The molecule has 2 bridgehead atoms. The lowest BCUT2D eigenvalue weighted by atomic mass is 9.86. The second kappa shape index (κ2) is 5.17. The fourth-order valence-corrected chi connectivity index (χ4v) is 3.96. The van der Waals surface area contributed by atoms with Crippen LogP contribution in [0, 0.1) is 11.3 Å². The number of pyridine rings is 1. The summed E-state index contributed by atoms with van der Waals surface area (Å²) < 4.78 is 0. The van der Waals surface area contributed by atoms with Gasteiger partial charge in [-0.1, -0.05) is 0 Å². The number of anilines is 2. The number of nitriles is 1. The molecule has 2 aromatic heterocycles. The molecule has 2 unspecified atom stereocenters. The van der Waals surface area contributed by atoms with Crippen molar-refractivity contribution in [3.63, 3.8) is 0 Å². The lowest BCUT2D eigenvalue weighted by molar-refractivity contribution is 0.290.